The van der Waals surface area contributed by atoms with Gasteiger partial charge in [-0.1, -0.05) is 18.9 Å². The molecule has 1 aromatic carbocycles. The van der Waals surface area contributed by atoms with Gasteiger partial charge in [-0.25, -0.2) is 4.39 Å². The summed E-state index contributed by atoms with van der Waals surface area (Å²) in [5.41, 5.74) is 1.36. The molecule has 25 heavy (non-hydrogen) atoms. The lowest BCUT2D eigenvalue weighted by atomic mass is 10.0. The van der Waals surface area contributed by atoms with Gasteiger partial charge in [0.1, 0.15) is 0 Å². The highest BCUT2D eigenvalue weighted by Gasteiger charge is 2.19. The number of halogens is 3. The Hall–Kier alpha value is -2.51. The van der Waals surface area contributed by atoms with Gasteiger partial charge in [-0.05, 0) is 30.5 Å². The first kappa shape index (κ1) is 17.3. The lowest BCUT2D eigenvalue weighted by Crippen LogP contribution is -2.15. The smallest absolute Gasteiger partial charge is 0.387 e. The molecule has 3 rings (SSSR count). The normalized spacial score (nSPS) is 14.9. The average molecular weight is 353 g/mol. The van der Waals surface area contributed by atoms with Gasteiger partial charge in [0.15, 0.2) is 17.4 Å². The van der Waals surface area contributed by atoms with Gasteiger partial charge in [0.25, 0.3) is 0 Å². The molecule has 1 saturated carbocycles. The second-order valence-corrected chi connectivity index (χ2v) is 6.06. The molecule has 1 aliphatic rings. The Morgan fingerprint density at radius 1 is 1.32 bits per heavy atom. The molecule has 1 heterocycles. The lowest BCUT2D eigenvalue weighted by Gasteiger charge is -2.07. The Kier molecular flexibility index (Phi) is 5.25. The third-order valence-electron chi connectivity index (χ3n) is 4.24. The molecule has 5 nitrogen and oxygen atoms in total. The molecule has 0 radical (unpaired) electrons. The first-order chi connectivity index (χ1) is 12.0. The second-order valence-electron chi connectivity index (χ2n) is 6.06. The van der Waals surface area contributed by atoms with Crippen LogP contribution >= 0.6 is 0 Å². The Balaban J connectivity index is 1.58. The largest absolute Gasteiger partial charge is 0.432 e. The standard InChI is InChI=1S/C17H18F3N3O2/c18-12-7-10(5-6-14(12)25-17(19)20)8-16(24)21-15-9-13(22-23-15)11-3-1-2-4-11/h5-7,9,11,17H,1-4,8H2,(H2,21,22,23,24). The van der Waals surface area contributed by atoms with E-state index in [1.54, 1.807) is 0 Å². The number of carbonyl (C=O) groups excluding carboxylic acids is 1. The number of benzene rings is 1. The van der Waals surface area contributed by atoms with Crippen LogP contribution in [0.2, 0.25) is 0 Å². The maximum atomic E-state index is 13.7. The van der Waals surface area contributed by atoms with E-state index in [1.807, 2.05) is 6.07 Å². The maximum Gasteiger partial charge on any atom is 0.387 e. The fourth-order valence-corrected chi connectivity index (χ4v) is 3.06. The van der Waals surface area contributed by atoms with Crippen molar-refractivity contribution in [3.8, 4) is 5.75 Å². The fourth-order valence-electron chi connectivity index (χ4n) is 3.06. The average Bonchev–Trinajstić information content (AvgIpc) is 3.20. The molecule has 0 aliphatic heterocycles. The quantitative estimate of drug-likeness (QED) is 0.825. The molecule has 0 spiro atoms. The molecule has 1 fully saturated rings. The van der Waals surface area contributed by atoms with Crippen molar-refractivity contribution < 1.29 is 22.7 Å². The fraction of sp³-hybridized carbons (Fsp3) is 0.412. The monoisotopic (exact) mass is 353 g/mol. The van der Waals surface area contributed by atoms with Gasteiger partial charge in [0.05, 0.1) is 6.42 Å². The molecule has 0 saturated heterocycles. The van der Waals surface area contributed by atoms with E-state index in [2.05, 4.69) is 20.3 Å². The van der Waals surface area contributed by atoms with Crippen LogP contribution < -0.4 is 10.1 Å². The van der Waals surface area contributed by atoms with Crippen LogP contribution in [0.5, 0.6) is 5.75 Å². The van der Waals surface area contributed by atoms with Crippen molar-refractivity contribution in [2.75, 3.05) is 5.32 Å². The van der Waals surface area contributed by atoms with Crippen molar-refractivity contribution in [1.82, 2.24) is 10.2 Å². The first-order valence-electron chi connectivity index (χ1n) is 8.09. The van der Waals surface area contributed by atoms with Crippen LogP contribution in [0.25, 0.3) is 0 Å². The minimum atomic E-state index is -3.10. The number of aromatic nitrogens is 2. The van der Waals surface area contributed by atoms with Crippen molar-refractivity contribution >= 4 is 11.7 Å². The topological polar surface area (TPSA) is 67.0 Å². The predicted molar refractivity (Wildman–Crippen MR) is 85.2 cm³/mol. The summed E-state index contributed by atoms with van der Waals surface area (Å²) in [6.07, 6.45) is 4.52. The molecule has 1 aliphatic carbocycles. The summed E-state index contributed by atoms with van der Waals surface area (Å²) in [5.74, 6) is -0.979. The van der Waals surface area contributed by atoms with Crippen LogP contribution in [0.15, 0.2) is 24.3 Å². The highest BCUT2D eigenvalue weighted by atomic mass is 19.3. The molecule has 0 unspecified atom stereocenters. The Morgan fingerprint density at radius 2 is 2.08 bits per heavy atom. The number of hydrogen-bond acceptors (Lipinski definition) is 3. The Labute approximate surface area is 142 Å². The molecule has 1 amide bonds. The number of carbonyl (C=O) groups is 1. The zero-order chi connectivity index (χ0) is 17.8. The zero-order valence-corrected chi connectivity index (χ0v) is 13.4. The Morgan fingerprint density at radius 3 is 2.76 bits per heavy atom. The summed E-state index contributed by atoms with van der Waals surface area (Å²) in [4.78, 5) is 12.0. The number of alkyl halides is 2. The number of nitrogens with zero attached hydrogens (tertiary/aromatic N) is 1. The SMILES string of the molecule is O=C(Cc1ccc(OC(F)F)c(F)c1)Nc1cc(C2CCCC2)[nH]n1. The van der Waals surface area contributed by atoms with Crippen LogP contribution in [-0.2, 0) is 11.2 Å². The van der Waals surface area contributed by atoms with E-state index in [-0.39, 0.29) is 12.3 Å². The van der Waals surface area contributed by atoms with Gasteiger partial charge >= 0.3 is 6.61 Å². The minimum Gasteiger partial charge on any atom is -0.432 e. The molecular formula is C17H18F3N3O2. The minimum absolute atomic E-state index is 0.0997. The number of H-pyrrole nitrogens is 1. The van der Waals surface area contributed by atoms with Crippen LogP contribution in [0.1, 0.15) is 42.9 Å². The summed E-state index contributed by atoms with van der Waals surface area (Å²) in [7, 11) is 0. The van der Waals surface area contributed by atoms with Gasteiger partial charge in [0.2, 0.25) is 5.91 Å². The van der Waals surface area contributed by atoms with E-state index in [9.17, 15) is 18.0 Å². The van der Waals surface area contributed by atoms with Crippen LogP contribution in [0, 0.1) is 5.82 Å². The molecular weight excluding hydrogens is 335 g/mol. The molecule has 0 atom stereocenters. The summed E-state index contributed by atoms with van der Waals surface area (Å²) in [6, 6.07) is 5.27. The van der Waals surface area contributed by atoms with E-state index in [4.69, 9.17) is 0 Å². The van der Waals surface area contributed by atoms with Crippen molar-refractivity contribution in [2.24, 2.45) is 0 Å². The van der Waals surface area contributed by atoms with Crippen LogP contribution in [0.4, 0.5) is 19.0 Å². The molecule has 1 aromatic heterocycles. The molecule has 2 aromatic rings. The molecule has 0 bridgehead atoms. The summed E-state index contributed by atoms with van der Waals surface area (Å²) < 4.78 is 41.9. The second kappa shape index (κ2) is 7.58. The van der Waals surface area contributed by atoms with Gasteiger partial charge in [0, 0.05) is 17.7 Å². The lowest BCUT2D eigenvalue weighted by molar-refractivity contribution is -0.115. The van der Waals surface area contributed by atoms with E-state index >= 15 is 0 Å². The molecule has 134 valence electrons. The summed E-state index contributed by atoms with van der Waals surface area (Å²) >= 11 is 0. The number of nitrogens with one attached hydrogen (secondary N) is 2. The van der Waals surface area contributed by atoms with Gasteiger partial charge in [-0.15, -0.1) is 0 Å². The van der Waals surface area contributed by atoms with E-state index < -0.39 is 18.2 Å². The van der Waals surface area contributed by atoms with Gasteiger partial charge in [-0.3, -0.25) is 9.89 Å². The highest BCUT2D eigenvalue weighted by Crippen LogP contribution is 2.33. The van der Waals surface area contributed by atoms with E-state index in [0.29, 0.717) is 17.3 Å². The van der Waals surface area contributed by atoms with Crippen molar-refractivity contribution in [3.63, 3.8) is 0 Å². The number of hydrogen-bond donors (Lipinski definition) is 2. The van der Waals surface area contributed by atoms with E-state index in [0.717, 1.165) is 30.7 Å². The number of ether oxygens (including phenoxy) is 1. The Bertz CT molecular complexity index is 742. The van der Waals surface area contributed by atoms with Gasteiger partial charge < -0.3 is 10.1 Å². The van der Waals surface area contributed by atoms with Gasteiger partial charge in [-0.2, -0.15) is 13.9 Å². The number of amides is 1. The summed E-state index contributed by atoms with van der Waals surface area (Å²) in [6.45, 7) is -3.10. The zero-order valence-electron chi connectivity index (χ0n) is 13.4. The number of rotatable bonds is 6. The van der Waals surface area contributed by atoms with Crippen molar-refractivity contribution in [3.05, 3.63) is 41.3 Å². The third-order valence-corrected chi connectivity index (χ3v) is 4.24. The molecule has 2 N–H and O–H groups in total. The number of anilines is 1. The number of aromatic amines is 1. The highest BCUT2D eigenvalue weighted by molar-refractivity contribution is 5.91. The van der Waals surface area contributed by atoms with Crippen LogP contribution in [-0.4, -0.2) is 22.7 Å². The molecule has 8 heteroatoms. The van der Waals surface area contributed by atoms with Crippen LogP contribution in [0.3, 0.4) is 0 Å². The van der Waals surface area contributed by atoms with Crippen molar-refractivity contribution in [2.45, 2.75) is 44.6 Å². The maximum absolute atomic E-state index is 13.7. The first-order valence-corrected chi connectivity index (χ1v) is 8.09. The summed E-state index contributed by atoms with van der Waals surface area (Å²) in [5, 5.41) is 9.66. The predicted octanol–water partition coefficient (Wildman–Crippen LogP) is 3.99. The van der Waals surface area contributed by atoms with E-state index in [1.165, 1.54) is 18.9 Å². The third kappa shape index (κ3) is 4.52. The van der Waals surface area contributed by atoms with Crippen molar-refractivity contribution in [1.29, 1.82) is 0 Å².